The van der Waals surface area contributed by atoms with Crippen molar-refractivity contribution in [2.24, 2.45) is 0 Å². The molecule has 0 radical (unpaired) electrons. The molecule has 2 amide bonds. The zero-order valence-corrected chi connectivity index (χ0v) is 17.2. The SMILES string of the molecule is CC(=O)Nc1cccc(-n2nnnc2SC(C)C(=O)Nc2ccc(C(F)(F)F)cc2)c1. The van der Waals surface area contributed by atoms with Crippen LogP contribution in [0.1, 0.15) is 19.4 Å². The number of rotatable bonds is 6. The summed E-state index contributed by atoms with van der Waals surface area (Å²) < 4.78 is 39.4. The van der Waals surface area contributed by atoms with Crippen LogP contribution in [-0.2, 0) is 15.8 Å². The Labute approximate surface area is 179 Å². The molecule has 0 aliphatic heterocycles. The van der Waals surface area contributed by atoms with Gasteiger partial charge in [-0.3, -0.25) is 9.59 Å². The molecule has 2 N–H and O–H groups in total. The number of thioether (sulfide) groups is 1. The Kier molecular flexibility index (Phi) is 6.59. The van der Waals surface area contributed by atoms with Crippen molar-refractivity contribution < 1.29 is 22.8 Å². The molecule has 0 aliphatic rings. The lowest BCUT2D eigenvalue weighted by atomic mass is 10.2. The van der Waals surface area contributed by atoms with Crippen LogP contribution < -0.4 is 10.6 Å². The Bertz CT molecular complexity index is 1080. The summed E-state index contributed by atoms with van der Waals surface area (Å²) in [7, 11) is 0. The largest absolute Gasteiger partial charge is 0.416 e. The molecule has 8 nitrogen and oxygen atoms in total. The fraction of sp³-hybridized carbons (Fsp3) is 0.211. The summed E-state index contributed by atoms with van der Waals surface area (Å²) in [4.78, 5) is 23.7. The highest BCUT2D eigenvalue weighted by atomic mass is 32.2. The molecule has 1 atom stereocenters. The highest BCUT2D eigenvalue weighted by Gasteiger charge is 2.30. The van der Waals surface area contributed by atoms with Crippen LogP contribution in [0.5, 0.6) is 0 Å². The number of hydrogen-bond donors (Lipinski definition) is 2. The number of benzene rings is 2. The molecule has 0 saturated heterocycles. The standard InChI is InChI=1S/C19H17F3N6O2S/c1-11(17(30)24-14-8-6-13(7-9-14)19(20,21)22)31-18-25-26-27-28(18)16-5-3-4-15(10-16)23-12(2)29/h3-11H,1-2H3,(H,23,29)(H,24,30). The molecule has 0 saturated carbocycles. The van der Waals surface area contributed by atoms with Gasteiger partial charge in [0, 0.05) is 18.3 Å². The van der Waals surface area contributed by atoms with Crippen molar-refractivity contribution in [3.05, 3.63) is 54.1 Å². The molecule has 3 aromatic rings. The van der Waals surface area contributed by atoms with Gasteiger partial charge >= 0.3 is 6.18 Å². The molecule has 3 rings (SSSR count). The van der Waals surface area contributed by atoms with Crippen molar-refractivity contribution in [1.82, 2.24) is 20.2 Å². The summed E-state index contributed by atoms with van der Waals surface area (Å²) in [6, 6.07) is 11.0. The number of alkyl halides is 3. The quantitative estimate of drug-likeness (QED) is 0.555. The zero-order chi connectivity index (χ0) is 22.6. The summed E-state index contributed by atoms with van der Waals surface area (Å²) in [5, 5.41) is 16.4. The number of hydrogen-bond acceptors (Lipinski definition) is 6. The minimum Gasteiger partial charge on any atom is -0.326 e. The molecule has 12 heteroatoms. The predicted octanol–water partition coefficient (Wildman–Crippen LogP) is 3.76. The Hall–Kier alpha value is -3.41. The zero-order valence-electron chi connectivity index (χ0n) is 16.3. The van der Waals surface area contributed by atoms with Crippen LogP contribution in [0.2, 0.25) is 0 Å². The summed E-state index contributed by atoms with van der Waals surface area (Å²) in [6.07, 6.45) is -4.44. The fourth-order valence-corrected chi connectivity index (χ4v) is 3.34. The first kappa shape index (κ1) is 22.3. The fourth-order valence-electron chi connectivity index (χ4n) is 2.53. The Morgan fingerprint density at radius 3 is 2.42 bits per heavy atom. The molecular formula is C19H17F3N6O2S. The van der Waals surface area contributed by atoms with E-state index in [0.29, 0.717) is 16.5 Å². The van der Waals surface area contributed by atoms with Gasteiger partial charge in [0.1, 0.15) is 0 Å². The second kappa shape index (κ2) is 9.16. The van der Waals surface area contributed by atoms with Crippen LogP contribution in [0, 0.1) is 0 Å². The number of carbonyl (C=O) groups excluding carboxylic acids is 2. The van der Waals surface area contributed by atoms with Crippen LogP contribution >= 0.6 is 11.8 Å². The van der Waals surface area contributed by atoms with E-state index < -0.39 is 22.9 Å². The molecular weight excluding hydrogens is 433 g/mol. The molecule has 1 heterocycles. The van der Waals surface area contributed by atoms with Crippen molar-refractivity contribution in [1.29, 1.82) is 0 Å². The van der Waals surface area contributed by atoms with E-state index in [1.807, 2.05) is 0 Å². The minimum atomic E-state index is -4.44. The van der Waals surface area contributed by atoms with Crippen LogP contribution in [0.15, 0.2) is 53.7 Å². The van der Waals surface area contributed by atoms with Gasteiger partial charge in [0.15, 0.2) is 0 Å². The number of anilines is 2. The van der Waals surface area contributed by atoms with E-state index in [1.165, 1.54) is 23.7 Å². The monoisotopic (exact) mass is 450 g/mol. The summed E-state index contributed by atoms with van der Waals surface area (Å²) in [5.41, 5.74) is 0.584. The smallest absolute Gasteiger partial charge is 0.326 e. The van der Waals surface area contributed by atoms with Crippen molar-refractivity contribution >= 4 is 35.0 Å². The average molecular weight is 450 g/mol. The lowest BCUT2D eigenvalue weighted by molar-refractivity contribution is -0.137. The number of carbonyl (C=O) groups is 2. The van der Waals surface area contributed by atoms with Crippen LogP contribution in [0.3, 0.4) is 0 Å². The number of aromatic nitrogens is 4. The predicted molar refractivity (Wildman–Crippen MR) is 109 cm³/mol. The van der Waals surface area contributed by atoms with Gasteiger partial charge in [0.05, 0.1) is 16.5 Å². The molecule has 0 fully saturated rings. The molecule has 0 spiro atoms. The van der Waals surface area contributed by atoms with Gasteiger partial charge in [0.2, 0.25) is 17.0 Å². The molecule has 1 aromatic heterocycles. The maximum atomic E-state index is 12.7. The second-order valence-corrected chi connectivity index (χ2v) is 7.74. The van der Waals surface area contributed by atoms with E-state index in [9.17, 15) is 22.8 Å². The first-order valence-electron chi connectivity index (χ1n) is 8.94. The average Bonchev–Trinajstić information content (AvgIpc) is 3.15. The first-order chi connectivity index (χ1) is 14.6. The van der Waals surface area contributed by atoms with E-state index in [4.69, 9.17) is 0 Å². The number of nitrogens with zero attached hydrogens (tertiary/aromatic N) is 4. The molecule has 1 unspecified atom stereocenters. The number of amides is 2. The summed E-state index contributed by atoms with van der Waals surface area (Å²) in [6.45, 7) is 3.01. The maximum Gasteiger partial charge on any atom is 0.416 e. The summed E-state index contributed by atoms with van der Waals surface area (Å²) in [5.74, 6) is -0.650. The first-order valence-corrected chi connectivity index (χ1v) is 9.82. The maximum absolute atomic E-state index is 12.7. The van der Waals surface area contributed by atoms with E-state index >= 15 is 0 Å². The normalized spacial score (nSPS) is 12.3. The summed E-state index contributed by atoms with van der Waals surface area (Å²) >= 11 is 1.07. The van der Waals surface area contributed by atoms with Gasteiger partial charge in [-0.05, 0) is 59.8 Å². The second-order valence-electron chi connectivity index (χ2n) is 6.43. The van der Waals surface area contributed by atoms with Crippen LogP contribution in [-0.4, -0.2) is 37.3 Å². The topological polar surface area (TPSA) is 102 Å². The van der Waals surface area contributed by atoms with Gasteiger partial charge < -0.3 is 10.6 Å². The van der Waals surface area contributed by atoms with Crippen LogP contribution in [0.25, 0.3) is 5.69 Å². The third-order valence-electron chi connectivity index (χ3n) is 3.98. The van der Waals surface area contributed by atoms with Gasteiger partial charge in [0.25, 0.3) is 0 Å². The highest BCUT2D eigenvalue weighted by molar-refractivity contribution is 8.00. The Morgan fingerprint density at radius 1 is 1.06 bits per heavy atom. The van der Waals surface area contributed by atoms with E-state index in [2.05, 4.69) is 26.2 Å². The van der Waals surface area contributed by atoms with Crippen LogP contribution in [0.4, 0.5) is 24.5 Å². The van der Waals surface area contributed by atoms with Gasteiger partial charge in [-0.15, -0.1) is 5.10 Å². The van der Waals surface area contributed by atoms with Gasteiger partial charge in [-0.1, -0.05) is 17.8 Å². The molecule has 0 aliphatic carbocycles. The number of tetrazole rings is 1. The van der Waals surface area contributed by atoms with Gasteiger partial charge in [-0.2, -0.15) is 17.9 Å². The highest BCUT2D eigenvalue weighted by Crippen LogP contribution is 2.30. The molecule has 2 aromatic carbocycles. The van der Waals surface area contributed by atoms with Crippen molar-refractivity contribution in [3.63, 3.8) is 0 Å². The van der Waals surface area contributed by atoms with Crippen molar-refractivity contribution in [2.45, 2.75) is 30.4 Å². The molecule has 162 valence electrons. The van der Waals surface area contributed by atoms with E-state index in [0.717, 1.165) is 23.9 Å². The third-order valence-corrected chi connectivity index (χ3v) is 5.02. The molecule has 0 bridgehead atoms. The number of halogens is 3. The van der Waals surface area contributed by atoms with Crippen molar-refractivity contribution in [2.75, 3.05) is 10.6 Å². The number of nitrogens with one attached hydrogen (secondary N) is 2. The minimum absolute atomic E-state index is 0.225. The lowest BCUT2D eigenvalue weighted by Gasteiger charge is -2.13. The van der Waals surface area contributed by atoms with E-state index in [1.54, 1.807) is 31.2 Å². The van der Waals surface area contributed by atoms with Crippen molar-refractivity contribution in [3.8, 4) is 5.69 Å². The Balaban J connectivity index is 1.69. The van der Waals surface area contributed by atoms with Gasteiger partial charge in [-0.25, -0.2) is 0 Å². The van der Waals surface area contributed by atoms with E-state index in [-0.39, 0.29) is 11.6 Å². The lowest BCUT2D eigenvalue weighted by Crippen LogP contribution is -2.23. The Morgan fingerprint density at radius 2 is 1.77 bits per heavy atom. The third kappa shape index (κ3) is 5.81. The molecule has 31 heavy (non-hydrogen) atoms.